The maximum atomic E-state index is 13.5. The highest BCUT2D eigenvalue weighted by Gasteiger charge is 2.28. The molecule has 3 N–H and O–H groups in total. The Morgan fingerprint density at radius 3 is 1.95 bits per heavy atom. The highest BCUT2D eigenvalue weighted by atomic mass is 16.4. The third-order valence-electron chi connectivity index (χ3n) is 6.77. The van der Waals surface area contributed by atoms with Crippen LogP contribution in [-0.4, -0.2) is 45.7 Å². The van der Waals surface area contributed by atoms with Crippen molar-refractivity contribution >= 4 is 28.7 Å². The van der Waals surface area contributed by atoms with E-state index in [0.717, 1.165) is 27.5 Å². The number of hydrogen-bond donors (Lipinski definition) is 3. The Hall–Kier alpha value is -4.65. The molecule has 0 bridgehead atoms. The zero-order chi connectivity index (χ0) is 27.6. The second kappa shape index (κ2) is 13.2. The first kappa shape index (κ1) is 27.4. The Morgan fingerprint density at radius 1 is 0.692 bits per heavy atom. The van der Waals surface area contributed by atoms with Gasteiger partial charge >= 0.3 is 18.0 Å². The third kappa shape index (κ3) is 7.92. The summed E-state index contributed by atoms with van der Waals surface area (Å²) in [6.45, 7) is 0.106. The molecule has 2 atom stereocenters. The zero-order valence-corrected chi connectivity index (χ0v) is 21.6. The first-order valence-electron chi connectivity index (χ1n) is 13.0. The van der Waals surface area contributed by atoms with Gasteiger partial charge in [-0.3, -0.25) is 4.79 Å². The number of carbonyl (C=O) groups excluding carboxylic acids is 1. The van der Waals surface area contributed by atoms with Gasteiger partial charge in [-0.1, -0.05) is 103 Å². The number of amides is 2. The van der Waals surface area contributed by atoms with Gasteiger partial charge in [0, 0.05) is 19.5 Å². The van der Waals surface area contributed by atoms with Crippen LogP contribution in [0.15, 0.2) is 103 Å². The summed E-state index contributed by atoms with van der Waals surface area (Å²) in [7, 11) is 0. The summed E-state index contributed by atoms with van der Waals surface area (Å²) < 4.78 is 0. The Kier molecular flexibility index (Phi) is 9.29. The molecule has 0 spiro atoms. The molecular formula is C32H32N2O5. The molecule has 0 unspecified atom stereocenters. The van der Waals surface area contributed by atoms with E-state index in [9.17, 15) is 24.6 Å². The molecule has 0 radical (unpaired) electrons. The molecule has 0 aromatic heterocycles. The Bertz CT molecular complexity index is 1410. The molecule has 0 aliphatic rings. The maximum absolute atomic E-state index is 13.5. The molecule has 4 aromatic carbocycles. The van der Waals surface area contributed by atoms with Gasteiger partial charge < -0.3 is 20.4 Å². The van der Waals surface area contributed by atoms with Gasteiger partial charge in [-0.25, -0.2) is 9.59 Å². The van der Waals surface area contributed by atoms with E-state index in [0.29, 0.717) is 12.8 Å². The minimum absolute atomic E-state index is 0.0504. The van der Waals surface area contributed by atoms with Gasteiger partial charge in [0.25, 0.3) is 0 Å². The number of urea groups is 1. The second-order valence-electron chi connectivity index (χ2n) is 9.65. The number of nitrogens with zero attached hydrogens (tertiary/aromatic N) is 1. The van der Waals surface area contributed by atoms with Crippen molar-refractivity contribution in [2.75, 3.05) is 6.54 Å². The average molecular weight is 525 g/mol. The number of carboxylic acid groups (broad SMARTS) is 2. The molecule has 0 saturated heterocycles. The third-order valence-corrected chi connectivity index (χ3v) is 6.77. The average Bonchev–Trinajstić information content (AvgIpc) is 2.95. The molecule has 7 heteroatoms. The summed E-state index contributed by atoms with van der Waals surface area (Å²) in [5, 5.41) is 24.5. The van der Waals surface area contributed by atoms with E-state index >= 15 is 0 Å². The van der Waals surface area contributed by atoms with E-state index < -0.39 is 29.9 Å². The van der Waals surface area contributed by atoms with Crippen molar-refractivity contribution in [1.82, 2.24) is 10.2 Å². The molecule has 4 rings (SSSR count). The Labute approximate surface area is 227 Å². The van der Waals surface area contributed by atoms with Crippen LogP contribution in [0.3, 0.4) is 0 Å². The van der Waals surface area contributed by atoms with Gasteiger partial charge in [-0.2, -0.15) is 0 Å². The molecule has 0 saturated carbocycles. The number of benzene rings is 4. The van der Waals surface area contributed by atoms with E-state index in [2.05, 4.69) is 5.32 Å². The predicted octanol–water partition coefficient (Wildman–Crippen LogP) is 5.38. The lowest BCUT2D eigenvalue weighted by Gasteiger charge is -2.28. The zero-order valence-electron chi connectivity index (χ0n) is 21.6. The minimum atomic E-state index is -1.18. The molecule has 2 amide bonds. The standard InChI is InChI=1S/C32H32N2O5/c35-30(36)28(18-15-23-9-3-1-4-10-23)22-34(21-24-11-5-2-6-12-24)32(39)33-29(31(37)38)20-25-16-17-26-13-7-8-14-27(26)19-25/h1-14,16-17,19,28-29H,15,18,20-22H2,(H,33,39)(H,35,36)(H,37,38)/t28-,29-/m0/s1. The largest absolute Gasteiger partial charge is 0.481 e. The molecule has 0 aliphatic carbocycles. The fraction of sp³-hybridized carbons (Fsp3) is 0.219. The van der Waals surface area contributed by atoms with Gasteiger partial charge in [0.1, 0.15) is 6.04 Å². The number of carboxylic acids is 2. The summed E-state index contributed by atoms with van der Waals surface area (Å²) in [6, 6.07) is 30.5. The molecular weight excluding hydrogens is 492 g/mol. The number of nitrogens with one attached hydrogen (secondary N) is 1. The van der Waals surface area contributed by atoms with Crippen LogP contribution in [0.1, 0.15) is 23.1 Å². The lowest BCUT2D eigenvalue weighted by molar-refractivity contribution is -0.143. The van der Waals surface area contributed by atoms with Gasteiger partial charge in [0.05, 0.1) is 5.92 Å². The Balaban J connectivity index is 1.50. The van der Waals surface area contributed by atoms with Crippen LogP contribution < -0.4 is 5.32 Å². The summed E-state index contributed by atoms with van der Waals surface area (Å²) in [6.07, 6.45) is 0.997. The molecule has 0 aliphatic heterocycles. The number of aliphatic carboxylic acids is 2. The van der Waals surface area contributed by atoms with Crippen molar-refractivity contribution in [3.8, 4) is 0 Å². The quantitative estimate of drug-likeness (QED) is 0.231. The Morgan fingerprint density at radius 2 is 1.31 bits per heavy atom. The van der Waals surface area contributed by atoms with Crippen molar-refractivity contribution in [2.45, 2.75) is 31.8 Å². The first-order chi connectivity index (χ1) is 18.9. The van der Waals surface area contributed by atoms with Crippen LogP contribution in [0.25, 0.3) is 10.8 Å². The summed E-state index contributed by atoms with van der Waals surface area (Å²) >= 11 is 0. The minimum Gasteiger partial charge on any atom is -0.481 e. The van der Waals surface area contributed by atoms with Crippen LogP contribution in [0.4, 0.5) is 4.79 Å². The normalized spacial score (nSPS) is 12.4. The molecule has 0 fully saturated rings. The van der Waals surface area contributed by atoms with Gasteiger partial charge in [-0.15, -0.1) is 0 Å². The van der Waals surface area contributed by atoms with E-state index in [1.165, 1.54) is 4.90 Å². The highest BCUT2D eigenvalue weighted by Crippen LogP contribution is 2.18. The van der Waals surface area contributed by atoms with Crippen LogP contribution in [-0.2, 0) is 29.0 Å². The number of fused-ring (bicyclic) bond motifs is 1. The van der Waals surface area contributed by atoms with Gasteiger partial charge in [-0.05, 0) is 40.3 Å². The number of aryl methyl sites for hydroxylation is 1. The molecule has 4 aromatic rings. The fourth-order valence-electron chi connectivity index (χ4n) is 4.61. The molecule has 200 valence electrons. The lowest BCUT2D eigenvalue weighted by atomic mass is 9.98. The monoisotopic (exact) mass is 524 g/mol. The summed E-state index contributed by atoms with van der Waals surface area (Å²) in [4.78, 5) is 39.2. The van der Waals surface area contributed by atoms with Crippen LogP contribution in [0, 0.1) is 5.92 Å². The second-order valence-corrected chi connectivity index (χ2v) is 9.65. The van der Waals surface area contributed by atoms with Crippen molar-refractivity contribution in [3.63, 3.8) is 0 Å². The summed E-state index contributed by atoms with van der Waals surface area (Å²) in [5.41, 5.74) is 2.62. The van der Waals surface area contributed by atoms with Crippen molar-refractivity contribution in [2.24, 2.45) is 5.92 Å². The van der Waals surface area contributed by atoms with Crippen LogP contribution >= 0.6 is 0 Å². The maximum Gasteiger partial charge on any atom is 0.326 e. The highest BCUT2D eigenvalue weighted by molar-refractivity contribution is 5.85. The topological polar surface area (TPSA) is 107 Å². The van der Waals surface area contributed by atoms with E-state index in [-0.39, 0.29) is 19.5 Å². The number of carbonyl (C=O) groups is 3. The lowest BCUT2D eigenvalue weighted by Crippen LogP contribution is -2.50. The smallest absolute Gasteiger partial charge is 0.326 e. The molecule has 7 nitrogen and oxygen atoms in total. The number of rotatable bonds is 12. The van der Waals surface area contributed by atoms with Gasteiger partial charge in [0.2, 0.25) is 0 Å². The molecule has 0 heterocycles. The van der Waals surface area contributed by atoms with E-state index in [1.54, 1.807) is 0 Å². The van der Waals surface area contributed by atoms with Crippen molar-refractivity contribution in [1.29, 1.82) is 0 Å². The first-order valence-corrected chi connectivity index (χ1v) is 13.0. The van der Waals surface area contributed by atoms with Crippen molar-refractivity contribution < 1.29 is 24.6 Å². The van der Waals surface area contributed by atoms with E-state index in [1.807, 2.05) is 103 Å². The number of hydrogen-bond acceptors (Lipinski definition) is 3. The molecule has 39 heavy (non-hydrogen) atoms. The SMILES string of the molecule is O=C(O)[C@@H](CCc1ccccc1)CN(Cc1ccccc1)C(=O)N[C@@H](Cc1ccc2ccccc2c1)C(=O)O. The summed E-state index contributed by atoms with van der Waals surface area (Å²) in [5.74, 6) is -2.97. The predicted molar refractivity (Wildman–Crippen MR) is 150 cm³/mol. The van der Waals surface area contributed by atoms with Crippen LogP contribution in [0.5, 0.6) is 0 Å². The van der Waals surface area contributed by atoms with Gasteiger partial charge in [0.15, 0.2) is 0 Å². The fourth-order valence-corrected chi connectivity index (χ4v) is 4.61. The van der Waals surface area contributed by atoms with Crippen molar-refractivity contribution in [3.05, 3.63) is 120 Å². The van der Waals surface area contributed by atoms with E-state index in [4.69, 9.17) is 0 Å². The van der Waals surface area contributed by atoms with Crippen LogP contribution in [0.2, 0.25) is 0 Å².